The molecule has 0 saturated heterocycles. The van der Waals surface area contributed by atoms with Crippen LogP contribution in [0.25, 0.3) is 0 Å². The van der Waals surface area contributed by atoms with E-state index in [1.165, 1.54) is 0 Å². The molecule has 0 saturated carbocycles. The van der Waals surface area contributed by atoms with Crippen molar-refractivity contribution in [2.24, 2.45) is 0 Å². The molecule has 0 aromatic carbocycles. The second kappa shape index (κ2) is 6.39. The topological polar surface area (TPSA) is 88.3 Å². The first-order chi connectivity index (χ1) is 9.99. The van der Waals surface area contributed by atoms with Crippen molar-refractivity contribution in [2.45, 2.75) is 39.7 Å². The highest BCUT2D eigenvalue weighted by Gasteiger charge is 2.19. The lowest BCUT2D eigenvalue weighted by atomic mass is 10.1. The van der Waals surface area contributed by atoms with E-state index in [9.17, 15) is 9.90 Å². The molecular formula is C15H19N3O3. The van der Waals surface area contributed by atoms with Crippen LogP contribution in [0.1, 0.15) is 40.7 Å². The molecule has 2 N–H and O–H groups in total. The minimum Gasteiger partial charge on any atom is -0.478 e. The van der Waals surface area contributed by atoms with Crippen LogP contribution in [0.5, 0.6) is 0 Å². The minimum atomic E-state index is -0.994. The minimum absolute atomic E-state index is 0.0598. The summed E-state index contributed by atoms with van der Waals surface area (Å²) < 4.78 is 5.28. The molecule has 2 rings (SSSR count). The summed E-state index contributed by atoms with van der Waals surface area (Å²) in [6.07, 6.45) is 3.23. The molecule has 112 valence electrons. The largest absolute Gasteiger partial charge is 0.478 e. The Morgan fingerprint density at radius 3 is 2.81 bits per heavy atom. The molecule has 2 aromatic rings. The summed E-state index contributed by atoms with van der Waals surface area (Å²) in [5.41, 5.74) is 1.45. The van der Waals surface area contributed by atoms with Crippen molar-refractivity contribution in [3.8, 4) is 0 Å². The Labute approximate surface area is 123 Å². The van der Waals surface area contributed by atoms with Gasteiger partial charge in [-0.25, -0.2) is 4.79 Å². The van der Waals surface area contributed by atoms with Crippen LogP contribution in [0, 0.1) is 13.8 Å². The van der Waals surface area contributed by atoms with Crippen LogP contribution in [-0.4, -0.2) is 27.3 Å². The van der Waals surface area contributed by atoms with Crippen LogP contribution in [0.2, 0.25) is 0 Å². The van der Waals surface area contributed by atoms with E-state index in [0.29, 0.717) is 17.1 Å². The highest BCUT2D eigenvalue weighted by atomic mass is 16.4. The molecule has 1 atom stereocenters. The van der Waals surface area contributed by atoms with Crippen LogP contribution < -0.4 is 5.32 Å². The van der Waals surface area contributed by atoms with Gasteiger partial charge in [-0.15, -0.1) is 5.10 Å². The number of carboxylic acid groups (broad SMARTS) is 1. The molecule has 0 aliphatic heterocycles. The predicted molar refractivity (Wildman–Crippen MR) is 78.6 cm³/mol. The molecule has 2 aromatic heterocycles. The SMILES string of the molecule is Cc1nnc(NC(C)CCc2ccco2)c(C(=O)O)c1C. The quantitative estimate of drug-likeness (QED) is 0.850. The Hall–Kier alpha value is -2.37. The number of anilines is 1. The normalized spacial score (nSPS) is 12.1. The number of nitrogens with zero attached hydrogens (tertiary/aromatic N) is 2. The van der Waals surface area contributed by atoms with Crippen molar-refractivity contribution in [1.29, 1.82) is 0 Å². The maximum atomic E-state index is 11.4. The van der Waals surface area contributed by atoms with Gasteiger partial charge in [0.15, 0.2) is 5.82 Å². The molecule has 6 nitrogen and oxygen atoms in total. The number of carbonyl (C=O) groups is 1. The van der Waals surface area contributed by atoms with E-state index in [1.54, 1.807) is 20.1 Å². The average molecular weight is 289 g/mol. The fourth-order valence-electron chi connectivity index (χ4n) is 2.09. The zero-order chi connectivity index (χ0) is 15.4. The van der Waals surface area contributed by atoms with Gasteiger partial charge in [0.05, 0.1) is 12.0 Å². The van der Waals surface area contributed by atoms with E-state index >= 15 is 0 Å². The summed E-state index contributed by atoms with van der Waals surface area (Å²) >= 11 is 0. The van der Waals surface area contributed by atoms with Crippen molar-refractivity contribution in [3.05, 3.63) is 41.0 Å². The number of aromatic nitrogens is 2. The summed E-state index contributed by atoms with van der Waals surface area (Å²) in [6, 6.07) is 3.83. The Kier molecular flexibility index (Phi) is 4.57. The van der Waals surface area contributed by atoms with Crippen molar-refractivity contribution in [2.75, 3.05) is 5.32 Å². The van der Waals surface area contributed by atoms with Gasteiger partial charge in [0.1, 0.15) is 11.3 Å². The van der Waals surface area contributed by atoms with Gasteiger partial charge in [-0.2, -0.15) is 5.10 Å². The Morgan fingerprint density at radius 1 is 1.43 bits per heavy atom. The summed E-state index contributed by atoms with van der Waals surface area (Å²) in [5, 5.41) is 20.4. The molecule has 0 aliphatic carbocycles. The molecule has 1 unspecified atom stereocenters. The highest BCUT2D eigenvalue weighted by molar-refractivity contribution is 5.94. The molecule has 0 aliphatic rings. The molecule has 21 heavy (non-hydrogen) atoms. The maximum Gasteiger partial charge on any atom is 0.339 e. The van der Waals surface area contributed by atoms with Gasteiger partial charge in [0.25, 0.3) is 0 Å². The van der Waals surface area contributed by atoms with Gasteiger partial charge in [0, 0.05) is 12.5 Å². The van der Waals surface area contributed by atoms with Gasteiger partial charge in [0.2, 0.25) is 0 Å². The second-order valence-electron chi connectivity index (χ2n) is 5.10. The maximum absolute atomic E-state index is 11.4. The summed E-state index contributed by atoms with van der Waals surface area (Å²) in [4.78, 5) is 11.4. The first kappa shape index (κ1) is 15.0. The van der Waals surface area contributed by atoms with E-state index < -0.39 is 5.97 Å². The summed E-state index contributed by atoms with van der Waals surface area (Å²) in [5.74, 6) is 0.233. The molecule has 0 fully saturated rings. The monoisotopic (exact) mass is 289 g/mol. The second-order valence-corrected chi connectivity index (χ2v) is 5.10. The van der Waals surface area contributed by atoms with E-state index in [2.05, 4.69) is 15.5 Å². The molecule has 0 amide bonds. The number of furan rings is 1. The standard InChI is InChI=1S/C15H19N3O3/c1-9(6-7-12-5-4-8-21-12)16-14-13(15(19)20)10(2)11(3)17-18-14/h4-5,8-9H,6-7H2,1-3H3,(H,16,18)(H,19,20). The zero-order valence-corrected chi connectivity index (χ0v) is 12.4. The van der Waals surface area contributed by atoms with E-state index in [-0.39, 0.29) is 11.6 Å². The van der Waals surface area contributed by atoms with Gasteiger partial charge < -0.3 is 14.8 Å². The Balaban J connectivity index is 2.08. The lowest BCUT2D eigenvalue weighted by Crippen LogP contribution is -2.21. The molecular weight excluding hydrogens is 270 g/mol. The van der Waals surface area contributed by atoms with Crippen LogP contribution >= 0.6 is 0 Å². The fraction of sp³-hybridized carbons (Fsp3) is 0.400. The van der Waals surface area contributed by atoms with Crippen LogP contribution in [-0.2, 0) is 6.42 Å². The smallest absolute Gasteiger partial charge is 0.339 e. The van der Waals surface area contributed by atoms with Gasteiger partial charge in [-0.05, 0) is 44.9 Å². The Morgan fingerprint density at radius 2 is 2.19 bits per heavy atom. The molecule has 6 heteroatoms. The average Bonchev–Trinajstić information content (AvgIpc) is 2.93. The number of carboxylic acids is 1. The van der Waals surface area contributed by atoms with Crippen molar-refractivity contribution >= 4 is 11.8 Å². The highest BCUT2D eigenvalue weighted by Crippen LogP contribution is 2.20. The summed E-state index contributed by atoms with van der Waals surface area (Å²) in [6.45, 7) is 5.47. The first-order valence-electron chi connectivity index (χ1n) is 6.85. The fourth-order valence-corrected chi connectivity index (χ4v) is 2.09. The van der Waals surface area contributed by atoms with Crippen molar-refractivity contribution in [1.82, 2.24) is 10.2 Å². The Bertz CT molecular complexity index is 623. The molecule has 2 heterocycles. The molecule has 0 spiro atoms. The van der Waals surface area contributed by atoms with Crippen LogP contribution in [0.4, 0.5) is 5.82 Å². The third kappa shape index (κ3) is 3.59. The van der Waals surface area contributed by atoms with Crippen LogP contribution in [0.15, 0.2) is 22.8 Å². The van der Waals surface area contributed by atoms with E-state index in [1.807, 2.05) is 19.1 Å². The van der Waals surface area contributed by atoms with E-state index in [0.717, 1.165) is 18.6 Å². The van der Waals surface area contributed by atoms with Gasteiger partial charge in [-0.1, -0.05) is 0 Å². The zero-order valence-electron chi connectivity index (χ0n) is 12.4. The van der Waals surface area contributed by atoms with E-state index in [4.69, 9.17) is 4.42 Å². The number of aryl methyl sites for hydroxylation is 2. The third-order valence-electron chi connectivity index (χ3n) is 3.46. The number of nitrogens with one attached hydrogen (secondary N) is 1. The number of aromatic carboxylic acids is 1. The number of rotatable bonds is 6. The number of hydrogen-bond acceptors (Lipinski definition) is 5. The lowest BCUT2D eigenvalue weighted by molar-refractivity contribution is 0.0696. The van der Waals surface area contributed by atoms with Crippen LogP contribution in [0.3, 0.4) is 0 Å². The van der Waals surface area contributed by atoms with Gasteiger partial charge >= 0.3 is 5.97 Å². The van der Waals surface area contributed by atoms with Crippen molar-refractivity contribution in [3.63, 3.8) is 0 Å². The summed E-state index contributed by atoms with van der Waals surface area (Å²) in [7, 11) is 0. The third-order valence-corrected chi connectivity index (χ3v) is 3.46. The lowest BCUT2D eigenvalue weighted by Gasteiger charge is -2.16. The molecule has 0 radical (unpaired) electrons. The van der Waals surface area contributed by atoms with Gasteiger partial charge in [-0.3, -0.25) is 0 Å². The predicted octanol–water partition coefficient (Wildman–Crippen LogP) is 2.82. The number of hydrogen-bond donors (Lipinski definition) is 2. The molecule has 0 bridgehead atoms. The first-order valence-corrected chi connectivity index (χ1v) is 6.85. The van der Waals surface area contributed by atoms with Crippen molar-refractivity contribution < 1.29 is 14.3 Å².